The quantitative estimate of drug-likeness (QED) is 0.0848. The lowest BCUT2D eigenvalue weighted by Crippen LogP contribution is -2.45. The molecule has 0 aromatic rings. The molecular weight excluding hydrogens is 576 g/mol. The minimum absolute atomic E-state index is 0.0404. The average Bonchev–Trinajstić information content (AvgIpc) is 2.87. The van der Waals surface area contributed by atoms with E-state index >= 15 is 0 Å². The minimum Gasteiger partial charge on any atom is -0.355 e. The number of thiol groups is 3. The lowest BCUT2D eigenvalue weighted by Gasteiger charge is -2.05. The second-order valence-corrected chi connectivity index (χ2v) is 8.33. The summed E-state index contributed by atoms with van der Waals surface area (Å²) in [5.74, 6) is -1.12. The molecule has 0 aromatic heterocycles. The molecule has 19 heteroatoms. The summed E-state index contributed by atoms with van der Waals surface area (Å²) in [6.45, 7) is 4.18. The molecule has 0 aliphatic rings. The Morgan fingerprint density at radius 1 is 0.436 bits per heavy atom. The molecule has 39 heavy (non-hydrogen) atoms. The van der Waals surface area contributed by atoms with E-state index in [9.17, 15) is 38.4 Å². The van der Waals surface area contributed by atoms with Crippen LogP contribution in [0.1, 0.15) is 46.5 Å². The summed E-state index contributed by atoms with van der Waals surface area (Å²) in [6, 6.07) is 0. The molecule has 0 saturated heterocycles. The number of carbonyl (C=O) groups excluding carboxylic acids is 8. The number of hydrogen-bond acceptors (Lipinski definition) is 11. The Balaban J connectivity index is -0.000000509. The highest BCUT2D eigenvalue weighted by Gasteiger charge is 2.06. The molecule has 0 bridgehead atoms. The monoisotopic (exact) mass is 614 g/mol. The van der Waals surface area contributed by atoms with Crippen molar-refractivity contribution in [2.75, 3.05) is 30.3 Å². The maximum absolute atomic E-state index is 11.0. The predicted molar refractivity (Wildman–Crippen MR) is 152 cm³/mol. The molecule has 0 fully saturated rings. The molecule has 8 N–H and O–H groups in total. The van der Waals surface area contributed by atoms with Gasteiger partial charge in [0.25, 0.3) is 5.91 Å². The number of amides is 8. The van der Waals surface area contributed by atoms with Crippen LogP contribution in [0.3, 0.4) is 0 Å². The summed E-state index contributed by atoms with van der Waals surface area (Å²) in [7, 11) is 0. The third-order valence-electron chi connectivity index (χ3n) is 3.27. The second kappa shape index (κ2) is 27.8. The van der Waals surface area contributed by atoms with Gasteiger partial charge in [-0.05, 0) is 11.5 Å². The molecule has 0 aromatic carbocycles. The smallest absolute Gasteiger partial charge is 0.257 e. The zero-order chi connectivity index (χ0) is 30.6. The molecule has 8 amide bonds. The van der Waals surface area contributed by atoms with Crippen molar-refractivity contribution in [2.24, 2.45) is 0 Å². The van der Waals surface area contributed by atoms with Crippen molar-refractivity contribution in [1.29, 1.82) is 0 Å². The summed E-state index contributed by atoms with van der Waals surface area (Å²) in [5.41, 5.74) is 12.8. The Bertz CT molecular complexity index is 818. The Morgan fingerprint density at radius 2 is 0.795 bits per heavy atom. The van der Waals surface area contributed by atoms with E-state index in [4.69, 9.17) is 0 Å². The Kier molecular flexibility index (Phi) is 28.8. The minimum atomic E-state index is -0.479. The molecule has 0 heterocycles. The van der Waals surface area contributed by atoms with Crippen molar-refractivity contribution in [1.82, 2.24) is 43.2 Å². The van der Waals surface area contributed by atoms with Gasteiger partial charge in [0.2, 0.25) is 41.4 Å². The molecule has 0 unspecified atom stereocenters. The molecule has 0 atom stereocenters. The van der Waals surface area contributed by atoms with Gasteiger partial charge in [0.1, 0.15) is 0 Å². The third-order valence-corrected chi connectivity index (χ3v) is 3.94. The fraction of sp³-hybridized carbons (Fsp3) is 0.600. The first-order valence-corrected chi connectivity index (χ1v) is 13.2. The van der Waals surface area contributed by atoms with E-state index in [-0.39, 0.29) is 61.3 Å². The Labute approximate surface area is 243 Å². The molecule has 0 radical (unpaired) electrons. The molecule has 0 saturated carbocycles. The van der Waals surface area contributed by atoms with Crippen LogP contribution in [0, 0.1) is 0 Å². The molecule has 224 valence electrons. The van der Waals surface area contributed by atoms with Gasteiger partial charge in [-0.3, -0.25) is 70.9 Å². The maximum Gasteiger partial charge on any atom is 0.257 e. The summed E-state index contributed by atoms with van der Waals surface area (Å²) in [5, 5.41) is 4.93. The van der Waals surface area contributed by atoms with Crippen LogP contribution in [0.5, 0.6) is 0 Å². The van der Waals surface area contributed by atoms with Crippen LogP contribution in [-0.4, -0.2) is 77.6 Å². The van der Waals surface area contributed by atoms with Crippen molar-refractivity contribution in [3.8, 4) is 0 Å². The van der Waals surface area contributed by atoms with Gasteiger partial charge in [-0.25, -0.2) is 0 Å². The van der Waals surface area contributed by atoms with Gasteiger partial charge in [-0.1, -0.05) is 0 Å². The van der Waals surface area contributed by atoms with Crippen molar-refractivity contribution in [3.05, 3.63) is 0 Å². The third kappa shape index (κ3) is 37.0. The van der Waals surface area contributed by atoms with Crippen molar-refractivity contribution >= 4 is 85.1 Å². The zero-order valence-corrected chi connectivity index (χ0v) is 24.7. The van der Waals surface area contributed by atoms with Gasteiger partial charge in [-0.15, -0.1) is 0 Å². The van der Waals surface area contributed by atoms with E-state index in [2.05, 4.69) is 81.1 Å². The molecule has 0 aliphatic heterocycles. The van der Waals surface area contributed by atoms with Gasteiger partial charge in [-0.2, -0.15) is 37.9 Å². The van der Waals surface area contributed by atoms with Crippen molar-refractivity contribution < 1.29 is 38.4 Å². The molecular formula is C20H38N8O8S3. The highest BCUT2D eigenvalue weighted by atomic mass is 32.1. The van der Waals surface area contributed by atoms with Crippen molar-refractivity contribution in [2.45, 2.75) is 46.5 Å². The Hall–Kier alpha value is -3.19. The summed E-state index contributed by atoms with van der Waals surface area (Å²) in [6.07, 6.45) is 0.706. The van der Waals surface area contributed by atoms with E-state index < -0.39 is 11.8 Å². The van der Waals surface area contributed by atoms with Crippen LogP contribution < -0.4 is 43.2 Å². The van der Waals surface area contributed by atoms with E-state index in [0.29, 0.717) is 30.2 Å². The molecule has 0 spiro atoms. The molecule has 16 nitrogen and oxygen atoms in total. The number of hydrogen-bond donors (Lipinski definition) is 11. The predicted octanol–water partition coefficient (Wildman–Crippen LogP) is -2.96. The van der Waals surface area contributed by atoms with Gasteiger partial charge in [0.05, 0.1) is 6.54 Å². The Morgan fingerprint density at radius 3 is 1.21 bits per heavy atom. The lowest BCUT2D eigenvalue weighted by molar-refractivity contribution is -0.129. The van der Waals surface area contributed by atoms with E-state index in [1.54, 1.807) is 0 Å². The van der Waals surface area contributed by atoms with Crippen LogP contribution in [-0.2, 0) is 38.4 Å². The number of nitrogens with one attached hydrogen (secondary N) is 8. The van der Waals surface area contributed by atoms with Crippen LogP contribution in [0.2, 0.25) is 0 Å². The van der Waals surface area contributed by atoms with Gasteiger partial charge in [0.15, 0.2) is 0 Å². The molecule has 0 rings (SSSR count). The largest absolute Gasteiger partial charge is 0.355 e. The topological polar surface area (TPSA) is 233 Å². The fourth-order valence-corrected chi connectivity index (χ4v) is 2.14. The van der Waals surface area contributed by atoms with Crippen LogP contribution in [0.15, 0.2) is 0 Å². The van der Waals surface area contributed by atoms with E-state index in [0.717, 1.165) is 0 Å². The highest BCUT2D eigenvalue weighted by Crippen LogP contribution is 1.88. The number of hydrazine groups is 3. The first-order chi connectivity index (χ1) is 18.3. The second-order valence-electron chi connectivity index (χ2n) is 6.99. The van der Waals surface area contributed by atoms with Gasteiger partial charge in [0, 0.05) is 58.8 Å². The standard InChI is InChI=1S/C8H15N3O3S.C7H13N3O3S.C5H10N2O2S/c1-6(12)10-11-8(14)3-2-7(13)9-4-5-15;1-5(11)9-10-7(13)4-8-6(12)2-3-14;1-4(8)6-7-5(9)2-3-10/h15H,2-5H2,1H3,(H,9,13)(H,10,12)(H,11,14);14H,2-4H2,1H3,(H,8,12)(H,9,11)(H,10,13);10H,2-3H2,1H3,(H,6,8)(H,7,9). The highest BCUT2D eigenvalue weighted by molar-refractivity contribution is 7.80. The maximum atomic E-state index is 11.0. The normalized spacial score (nSPS) is 8.97. The van der Waals surface area contributed by atoms with E-state index in [1.165, 1.54) is 20.8 Å². The SMILES string of the molecule is CC(=O)NNC(=O)CCC(=O)NCCS.CC(=O)NNC(=O)CCS.CC(=O)NNC(=O)CNC(=O)CCS. The van der Waals surface area contributed by atoms with Gasteiger partial charge < -0.3 is 10.6 Å². The average molecular weight is 615 g/mol. The van der Waals surface area contributed by atoms with E-state index in [1.807, 2.05) is 0 Å². The van der Waals surface area contributed by atoms with Crippen LogP contribution in [0.4, 0.5) is 0 Å². The zero-order valence-electron chi connectivity index (χ0n) is 22.0. The lowest BCUT2D eigenvalue weighted by atomic mass is 10.3. The molecule has 0 aliphatic carbocycles. The summed E-state index contributed by atoms with van der Waals surface area (Å²) in [4.78, 5) is 85.4. The summed E-state index contributed by atoms with van der Waals surface area (Å²) < 4.78 is 0. The number of carbonyl (C=O) groups is 8. The first-order valence-electron chi connectivity index (χ1n) is 11.3. The van der Waals surface area contributed by atoms with Gasteiger partial charge >= 0.3 is 0 Å². The first kappa shape index (κ1) is 40.3. The summed E-state index contributed by atoms with van der Waals surface area (Å²) >= 11 is 11.6. The number of rotatable bonds is 11. The van der Waals surface area contributed by atoms with Crippen molar-refractivity contribution in [3.63, 3.8) is 0 Å². The fourth-order valence-electron chi connectivity index (χ4n) is 1.62. The van der Waals surface area contributed by atoms with Crippen LogP contribution >= 0.6 is 37.9 Å². The van der Waals surface area contributed by atoms with Crippen LogP contribution in [0.25, 0.3) is 0 Å².